The van der Waals surface area contributed by atoms with Crippen molar-refractivity contribution in [2.24, 2.45) is 11.8 Å². The topological polar surface area (TPSA) is 299 Å². The van der Waals surface area contributed by atoms with E-state index >= 15 is 0 Å². The van der Waals surface area contributed by atoms with Crippen LogP contribution in [0.25, 0.3) is 0 Å². The highest BCUT2D eigenvalue weighted by molar-refractivity contribution is 6.28. The van der Waals surface area contributed by atoms with Gasteiger partial charge in [0.25, 0.3) is 17.7 Å². The molecular weight excluding hydrogens is 1010 g/mol. The van der Waals surface area contributed by atoms with Gasteiger partial charge in [-0.2, -0.15) is 18.2 Å². The molecule has 27 heteroatoms. The summed E-state index contributed by atoms with van der Waals surface area (Å²) in [5.41, 5.74) is 3.03. The fourth-order valence-electron chi connectivity index (χ4n) is 6.33. The molecule has 0 spiro atoms. The van der Waals surface area contributed by atoms with Gasteiger partial charge in [0.2, 0.25) is 23.1 Å². The number of nitrogens with zero attached hydrogens (tertiary/aromatic N) is 12. The first-order valence-corrected chi connectivity index (χ1v) is 23.6. The number of anilines is 9. The molecule has 0 atom stereocenters. The van der Waals surface area contributed by atoms with Crippen LogP contribution in [0.2, 0.25) is 5.28 Å². The van der Waals surface area contributed by atoms with Crippen LogP contribution in [-0.4, -0.2) is 103 Å². The van der Waals surface area contributed by atoms with Crippen LogP contribution in [0.3, 0.4) is 0 Å². The van der Waals surface area contributed by atoms with Gasteiger partial charge in [0.15, 0.2) is 18.2 Å². The molecule has 76 heavy (non-hydrogen) atoms. The smallest absolute Gasteiger partial charge is 0.422 e. The number of ether oxygens (including phenoxy) is 1. The van der Waals surface area contributed by atoms with Crippen LogP contribution in [0, 0.1) is 11.8 Å². The normalized spacial score (nSPS) is 12.5. The number of aromatic nitrogens is 12. The van der Waals surface area contributed by atoms with Crippen LogP contribution in [0.5, 0.6) is 5.88 Å². The SMILES string of the molecule is O=C(Nc1cncnc1NCC1CC1)c1ccnc(Nc2ccccc2)n1.O=C(Nc1cncnc1NCC1CC1)c1ccnc(Nc2ccccc2)n1.O=C(Nc1cncnc1OCC(F)(F)F)c1ccnc(Cl)n1. The maximum atomic E-state index is 12.6. The van der Waals surface area contributed by atoms with Crippen molar-refractivity contribution >= 4 is 81.3 Å². The lowest BCUT2D eigenvalue weighted by Crippen LogP contribution is -2.21. The Balaban J connectivity index is 0.000000152. The van der Waals surface area contributed by atoms with Crippen molar-refractivity contribution in [2.75, 3.05) is 56.9 Å². The monoisotopic (exact) mass is 1060 g/mol. The maximum absolute atomic E-state index is 12.6. The van der Waals surface area contributed by atoms with Crippen molar-refractivity contribution in [1.29, 1.82) is 0 Å². The van der Waals surface area contributed by atoms with Gasteiger partial charge >= 0.3 is 6.18 Å². The minimum Gasteiger partial charge on any atom is -0.466 e. The summed E-state index contributed by atoms with van der Waals surface area (Å²) >= 11 is 5.55. The second-order valence-electron chi connectivity index (χ2n) is 16.5. The fraction of sp³-hybridized carbons (Fsp3) is 0.204. The number of hydrogen-bond donors (Lipinski definition) is 7. The van der Waals surface area contributed by atoms with Crippen LogP contribution in [-0.2, 0) is 0 Å². The molecule has 10 rings (SSSR count). The highest BCUT2D eigenvalue weighted by atomic mass is 35.5. The van der Waals surface area contributed by atoms with Gasteiger partial charge in [0, 0.05) is 43.1 Å². The van der Waals surface area contributed by atoms with E-state index in [-0.39, 0.29) is 39.9 Å². The Morgan fingerprint density at radius 3 is 1.41 bits per heavy atom. The molecule has 23 nitrogen and oxygen atoms in total. The Hall–Kier alpha value is -9.59. The molecule has 0 aliphatic heterocycles. The zero-order valence-corrected chi connectivity index (χ0v) is 40.6. The average Bonchev–Trinajstić information content (AvgIpc) is 4.39. The molecule has 2 aliphatic rings. The van der Waals surface area contributed by atoms with E-state index in [4.69, 9.17) is 11.6 Å². The summed E-state index contributed by atoms with van der Waals surface area (Å²) in [6, 6.07) is 23.5. The van der Waals surface area contributed by atoms with E-state index in [2.05, 4.69) is 102 Å². The Kier molecular flexibility index (Phi) is 17.9. The van der Waals surface area contributed by atoms with E-state index in [9.17, 15) is 27.6 Å². The van der Waals surface area contributed by atoms with Gasteiger partial charge in [-0.3, -0.25) is 14.4 Å². The van der Waals surface area contributed by atoms with Gasteiger partial charge in [-0.15, -0.1) is 0 Å². The molecule has 6 heterocycles. The van der Waals surface area contributed by atoms with Gasteiger partial charge in [-0.1, -0.05) is 36.4 Å². The van der Waals surface area contributed by atoms with Crippen molar-refractivity contribution in [1.82, 2.24) is 59.8 Å². The minimum absolute atomic E-state index is 0.0781. The Morgan fingerprint density at radius 2 is 0.961 bits per heavy atom. The number of halogens is 4. The third kappa shape index (κ3) is 17.0. The first-order valence-electron chi connectivity index (χ1n) is 23.2. The summed E-state index contributed by atoms with van der Waals surface area (Å²) < 4.78 is 41.0. The average molecular weight is 1060 g/mol. The number of hydrogen-bond acceptors (Lipinski definition) is 20. The summed E-state index contributed by atoms with van der Waals surface area (Å²) in [5, 5.41) is 20.5. The van der Waals surface area contributed by atoms with Gasteiger partial charge in [-0.25, -0.2) is 54.8 Å². The standard InChI is InChI=1S/2C19H19N7O.C11H7ClF3N5O2/c2*27-18(25-16-11-20-12-23-17(16)22-10-13-6-7-13)15-8-9-21-19(26-15)24-14-4-2-1-3-5-14;12-10-17-2-1-6(20-10)8(21)19-7-3-16-5-18-9(7)22-4-11(13,14)15/h2*1-5,8-9,11-13H,6-7,10H2,(H,25,27)(H,20,22,23)(H,21,24,26);1-3,5H,4H2,(H,19,21). The number of carbonyl (C=O) groups is 3. The Morgan fingerprint density at radius 1 is 0.539 bits per heavy atom. The fourth-order valence-corrected chi connectivity index (χ4v) is 6.48. The molecular formula is C49H45ClF3N19O4. The van der Waals surface area contributed by atoms with E-state index in [1.54, 1.807) is 36.9 Å². The summed E-state index contributed by atoms with van der Waals surface area (Å²) in [7, 11) is 0. The number of amides is 3. The van der Waals surface area contributed by atoms with Gasteiger partial charge in [0.1, 0.15) is 53.1 Å². The highest BCUT2D eigenvalue weighted by Crippen LogP contribution is 2.31. The molecule has 0 unspecified atom stereocenters. The number of carbonyl (C=O) groups excluding carboxylic acids is 3. The molecule has 2 aromatic carbocycles. The predicted molar refractivity (Wildman–Crippen MR) is 274 cm³/mol. The van der Waals surface area contributed by atoms with Crippen LogP contribution >= 0.6 is 11.6 Å². The summed E-state index contributed by atoms with van der Waals surface area (Å²) in [4.78, 5) is 84.9. The minimum atomic E-state index is -4.54. The molecule has 2 aliphatic carbocycles. The second-order valence-corrected chi connectivity index (χ2v) is 16.8. The molecule has 2 saturated carbocycles. The molecule has 0 saturated heterocycles. The van der Waals surface area contributed by atoms with Gasteiger partial charge in [-0.05, 0) is 91.6 Å². The van der Waals surface area contributed by atoms with Crippen LogP contribution in [0.1, 0.15) is 57.1 Å². The van der Waals surface area contributed by atoms with E-state index < -0.39 is 24.6 Å². The van der Waals surface area contributed by atoms with Crippen LogP contribution in [0.15, 0.2) is 135 Å². The number of para-hydroxylation sites is 2. The molecule has 6 aromatic heterocycles. The number of rotatable bonds is 18. The molecule has 388 valence electrons. The molecule has 0 bridgehead atoms. The summed E-state index contributed by atoms with van der Waals surface area (Å²) in [6.07, 6.45) is 12.9. The summed E-state index contributed by atoms with van der Waals surface area (Å²) in [6.45, 7) is 0.142. The zero-order valence-electron chi connectivity index (χ0n) is 39.8. The van der Waals surface area contributed by atoms with Gasteiger partial charge < -0.3 is 42.0 Å². The van der Waals surface area contributed by atoms with E-state index in [0.717, 1.165) is 37.0 Å². The Bertz CT molecular complexity index is 3060. The number of benzene rings is 2. The second kappa shape index (κ2) is 25.9. The third-order valence-electron chi connectivity index (χ3n) is 10.4. The van der Waals surface area contributed by atoms with Crippen LogP contribution in [0.4, 0.5) is 65.1 Å². The van der Waals surface area contributed by atoms with Gasteiger partial charge in [0.05, 0.1) is 18.6 Å². The third-order valence-corrected chi connectivity index (χ3v) is 10.6. The van der Waals surface area contributed by atoms with Crippen molar-refractivity contribution < 1.29 is 32.3 Å². The first kappa shape index (κ1) is 52.7. The Labute approximate surface area is 435 Å². The summed E-state index contributed by atoms with van der Waals surface area (Å²) in [5.74, 6) is 1.47. The van der Waals surface area contributed by atoms with E-state index in [0.29, 0.717) is 46.7 Å². The zero-order chi connectivity index (χ0) is 53.1. The lowest BCUT2D eigenvalue weighted by Gasteiger charge is -2.11. The predicted octanol–water partition coefficient (Wildman–Crippen LogP) is 8.28. The van der Waals surface area contributed by atoms with Crippen molar-refractivity contribution in [3.63, 3.8) is 0 Å². The van der Waals surface area contributed by atoms with Crippen LogP contribution < -0.4 is 42.0 Å². The first-order chi connectivity index (χ1) is 36.9. The van der Waals surface area contributed by atoms with E-state index in [1.807, 2.05) is 60.7 Å². The van der Waals surface area contributed by atoms with Crippen molar-refractivity contribution in [3.05, 3.63) is 157 Å². The quantitative estimate of drug-likeness (QED) is 0.0398. The van der Waals surface area contributed by atoms with Crippen molar-refractivity contribution in [2.45, 2.75) is 31.9 Å². The maximum Gasteiger partial charge on any atom is 0.422 e. The van der Waals surface area contributed by atoms with E-state index in [1.165, 1.54) is 50.6 Å². The molecule has 3 amide bonds. The molecule has 8 aromatic rings. The van der Waals surface area contributed by atoms with Crippen molar-refractivity contribution in [3.8, 4) is 5.88 Å². The lowest BCUT2D eigenvalue weighted by atomic mass is 10.3. The molecule has 2 fully saturated rings. The molecule has 0 radical (unpaired) electrons. The number of nitrogens with one attached hydrogen (secondary N) is 7. The largest absolute Gasteiger partial charge is 0.466 e. The lowest BCUT2D eigenvalue weighted by molar-refractivity contribution is -0.154. The highest BCUT2D eigenvalue weighted by Gasteiger charge is 2.29. The molecule has 7 N–H and O–H groups in total. The number of alkyl halides is 3.